The van der Waals surface area contributed by atoms with Gasteiger partial charge in [-0.1, -0.05) is 13.3 Å². The number of rotatable bonds is 3. The van der Waals surface area contributed by atoms with E-state index in [1.807, 2.05) is 0 Å². The van der Waals surface area contributed by atoms with Crippen molar-refractivity contribution in [3.05, 3.63) is 29.6 Å². The van der Waals surface area contributed by atoms with Gasteiger partial charge in [-0.05, 0) is 43.7 Å². The first-order chi connectivity index (χ1) is 8.61. The van der Waals surface area contributed by atoms with Crippen LogP contribution in [0.25, 0.3) is 0 Å². The molecule has 1 aliphatic rings. The molecule has 0 saturated heterocycles. The first-order valence-corrected chi connectivity index (χ1v) is 6.51. The fourth-order valence-corrected chi connectivity index (χ4v) is 2.57. The van der Waals surface area contributed by atoms with E-state index in [-0.39, 0.29) is 11.7 Å². The molecule has 4 heteroatoms. The van der Waals surface area contributed by atoms with Gasteiger partial charge in [-0.3, -0.25) is 0 Å². The summed E-state index contributed by atoms with van der Waals surface area (Å²) in [6, 6.07) is 2.38. The van der Waals surface area contributed by atoms with Gasteiger partial charge in [0.05, 0.1) is 5.69 Å². The maximum atomic E-state index is 13.5. The van der Waals surface area contributed by atoms with Gasteiger partial charge < -0.3 is 5.32 Å². The van der Waals surface area contributed by atoms with Crippen molar-refractivity contribution in [2.75, 3.05) is 5.32 Å². The Kier molecular flexibility index (Phi) is 4.15. The molecule has 0 amide bonds. The van der Waals surface area contributed by atoms with Crippen molar-refractivity contribution in [1.82, 2.24) is 0 Å². The highest BCUT2D eigenvalue weighted by Crippen LogP contribution is 2.29. The molecule has 0 spiro atoms. The fourth-order valence-electron chi connectivity index (χ4n) is 2.57. The Morgan fingerprint density at radius 1 is 1.06 bits per heavy atom. The molecule has 0 atom stereocenters. The van der Waals surface area contributed by atoms with Crippen molar-refractivity contribution < 1.29 is 13.2 Å². The quantitative estimate of drug-likeness (QED) is 0.787. The van der Waals surface area contributed by atoms with E-state index in [0.29, 0.717) is 0 Å². The Morgan fingerprint density at radius 3 is 2.33 bits per heavy atom. The minimum atomic E-state index is -1.40. The summed E-state index contributed by atoms with van der Waals surface area (Å²) < 4.78 is 39.3. The van der Waals surface area contributed by atoms with Crippen LogP contribution in [-0.4, -0.2) is 6.04 Å². The van der Waals surface area contributed by atoms with E-state index in [0.717, 1.165) is 37.7 Å². The summed E-state index contributed by atoms with van der Waals surface area (Å²) in [4.78, 5) is 0. The standard InChI is InChI=1S/C14H18F3N/c1-2-9-3-5-10(6-4-9)18-12-8-7-11(15)13(16)14(12)17/h7-10,18H,2-6H2,1H3. The van der Waals surface area contributed by atoms with Crippen molar-refractivity contribution in [2.45, 2.75) is 45.1 Å². The van der Waals surface area contributed by atoms with E-state index in [2.05, 4.69) is 12.2 Å². The van der Waals surface area contributed by atoms with Gasteiger partial charge in [0.15, 0.2) is 17.5 Å². The van der Waals surface area contributed by atoms with E-state index in [1.54, 1.807) is 0 Å². The van der Waals surface area contributed by atoms with Gasteiger partial charge in [-0.15, -0.1) is 0 Å². The molecule has 2 rings (SSSR count). The second-order valence-corrected chi connectivity index (χ2v) is 4.99. The van der Waals surface area contributed by atoms with E-state index >= 15 is 0 Å². The van der Waals surface area contributed by atoms with Gasteiger partial charge in [0.2, 0.25) is 0 Å². The molecule has 1 fully saturated rings. The van der Waals surface area contributed by atoms with Gasteiger partial charge in [-0.25, -0.2) is 13.2 Å². The summed E-state index contributed by atoms with van der Waals surface area (Å²) in [5.74, 6) is -2.92. The van der Waals surface area contributed by atoms with Crippen LogP contribution < -0.4 is 5.32 Å². The molecule has 100 valence electrons. The largest absolute Gasteiger partial charge is 0.380 e. The Hall–Kier alpha value is -1.19. The molecular weight excluding hydrogens is 239 g/mol. The van der Waals surface area contributed by atoms with Crippen LogP contribution in [0.3, 0.4) is 0 Å². The lowest BCUT2D eigenvalue weighted by atomic mass is 9.84. The van der Waals surface area contributed by atoms with Crippen LogP contribution in [-0.2, 0) is 0 Å². The average molecular weight is 257 g/mol. The lowest BCUT2D eigenvalue weighted by Gasteiger charge is -2.29. The topological polar surface area (TPSA) is 12.0 Å². The van der Waals surface area contributed by atoms with Crippen molar-refractivity contribution >= 4 is 5.69 Å². The van der Waals surface area contributed by atoms with Crippen LogP contribution in [0.5, 0.6) is 0 Å². The van der Waals surface area contributed by atoms with Crippen LogP contribution in [0.1, 0.15) is 39.0 Å². The molecule has 0 bridgehead atoms. The van der Waals surface area contributed by atoms with Crippen LogP contribution in [0.15, 0.2) is 12.1 Å². The third-order valence-corrected chi connectivity index (χ3v) is 3.82. The lowest BCUT2D eigenvalue weighted by Crippen LogP contribution is -2.26. The van der Waals surface area contributed by atoms with Crippen LogP contribution in [0, 0.1) is 23.4 Å². The number of benzene rings is 1. The zero-order valence-corrected chi connectivity index (χ0v) is 10.5. The zero-order valence-electron chi connectivity index (χ0n) is 10.5. The third-order valence-electron chi connectivity index (χ3n) is 3.82. The van der Waals surface area contributed by atoms with Gasteiger partial charge in [0, 0.05) is 6.04 Å². The Bertz CT molecular complexity index is 412. The SMILES string of the molecule is CCC1CCC(Nc2ccc(F)c(F)c2F)CC1. The number of halogens is 3. The first kappa shape index (κ1) is 13.2. The Labute approximate surface area is 105 Å². The Balaban J connectivity index is 2.00. The molecule has 1 aromatic carbocycles. The molecule has 0 heterocycles. The summed E-state index contributed by atoms with van der Waals surface area (Å²) in [7, 11) is 0. The van der Waals surface area contributed by atoms with Crippen molar-refractivity contribution in [1.29, 1.82) is 0 Å². The van der Waals surface area contributed by atoms with Gasteiger partial charge in [-0.2, -0.15) is 0 Å². The number of nitrogens with one attached hydrogen (secondary N) is 1. The molecular formula is C14H18F3N. The van der Waals surface area contributed by atoms with Crippen LogP contribution in [0.4, 0.5) is 18.9 Å². The maximum Gasteiger partial charge on any atom is 0.196 e. The van der Waals surface area contributed by atoms with Gasteiger partial charge in [0.1, 0.15) is 0 Å². The van der Waals surface area contributed by atoms with Crippen molar-refractivity contribution in [3.63, 3.8) is 0 Å². The van der Waals surface area contributed by atoms with Crippen molar-refractivity contribution in [3.8, 4) is 0 Å². The molecule has 18 heavy (non-hydrogen) atoms. The molecule has 1 nitrogen and oxygen atoms in total. The van der Waals surface area contributed by atoms with E-state index < -0.39 is 17.5 Å². The molecule has 1 aliphatic carbocycles. The number of hydrogen-bond acceptors (Lipinski definition) is 1. The highest BCUT2D eigenvalue weighted by Gasteiger charge is 2.21. The second kappa shape index (κ2) is 5.63. The summed E-state index contributed by atoms with van der Waals surface area (Å²) in [6.07, 6.45) is 5.30. The van der Waals surface area contributed by atoms with Crippen LogP contribution in [0.2, 0.25) is 0 Å². The third kappa shape index (κ3) is 2.79. The molecule has 0 radical (unpaired) electrons. The van der Waals surface area contributed by atoms with Gasteiger partial charge in [0.25, 0.3) is 0 Å². The number of hydrogen-bond donors (Lipinski definition) is 1. The molecule has 0 unspecified atom stereocenters. The van der Waals surface area contributed by atoms with E-state index in [1.165, 1.54) is 12.5 Å². The highest BCUT2D eigenvalue weighted by molar-refractivity contribution is 5.46. The summed E-state index contributed by atoms with van der Waals surface area (Å²) in [5.41, 5.74) is 0.0637. The Morgan fingerprint density at radius 2 is 1.72 bits per heavy atom. The van der Waals surface area contributed by atoms with Crippen LogP contribution >= 0.6 is 0 Å². The summed E-state index contributed by atoms with van der Waals surface area (Å²) in [6.45, 7) is 2.17. The molecule has 1 aromatic rings. The van der Waals surface area contributed by atoms with E-state index in [9.17, 15) is 13.2 Å². The normalized spacial score (nSPS) is 24.0. The van der Waals surface area contributed by atoms with E-state index in [4.69, 9.17) is 0 Å². The maximum absolute atomic E-state index is 13.5. The average Bonchev–Trinajstić information content (AvgIpc) is 2.40. The molecule has 0 aliphatic heterocycles. The number of anilines is 1. The smallest absolute Gasteiger partial charge is 0.196 e. The van der Waals surface area contributed by atoms with Gasteiger partial charge >= 0.3 is 0 Å². The summed E-state index contributed by atoms with van der Waals surface area (Å²) in [5, 5.41) is 2.98. The first-order valence-electron chi connectivity index (χ1n) is 6.51. The molecule has 1 N–H and O–H groups in total. The fraction of sp³-hybridized carbons (Fsp3) is 0.571. The zero-order chi connectivity index (χ0) is 13.1. The summed E-state index contributed by atoms with van der Waals surface area (Å²) >= 11 is 0. The monoisotopic (exact) mass is 257 g/mol. The molecule has 1 saturated carbocycles. The highest BCUT2D eigenvalue weighted by atomic mass is 19.2. The van der Waals surface area contributed by atoms with Crippen molar-refractivity contribution in [2.24, 2.45) is 5.92 Å². The lowest BCUT2D eigenvalue weighted by molar-refractivity contribution is 0.329. The predicted octanol–water partition coefficient (Wildman–Crippen LogP) is 4.48. The predicted molar refractivity (Wildman–Crippen MR) is 66.0 cm³/mol. The molecule has 0 aromatic heterocycles. The minimum absolute atomic E-state index is 0.0637. The second-order valence-electron chi connectivity index (χ2n) is 4.99. The minimum Gasteiger partial charge on any atom is -0.380 e.